The maximum Gasteiger partial charge on any atom is 0.180 e. The normalized spacial score (nSPS) is 9.43. The summed E-state index contributed by atoms with van der Waals surface area (Å²) in [6.45, 7) is 5.25. The van der Waals surface area contributed by atoms with Gasteiger partial charge in [0.05, 0.1) is 4.47 Å². The molecule has 0 radical (unpaired) electrons. The minimum absolute atomic E-state index is 0.130. The Morgan fingerprint density at radius 1 is 1.00 bits per heavy atom. The molecule has 0 aromatic heterocycles. The van der Waals surface area contributed by atoms with Crippen LogP contribution in [0.15, 0.2) is 4.47 Å². The van der Waals surface area contributed by atoms with Crippen LogP contribution in [0.5, 0.6) is 0 Å². The fourth-order valence-electron chi connectivity index (χ4n) is 0.715. The van der Waals surface area contributed by atoms with Gasteiger partial charge in [-0.25, -0.2) is 13.2 Å². The van der Waals surface area contributed by atoms with Crippen LogP contribution < -0.4 is 0 Å². The second kappa shape index (κ2) is 5.61. The molecule has 0 saturated heterocycles. The van der Waals surface area contributed by atoms with Gasteiger partial charge in [-0.2, -0.15) is 0 Å². The van der Waals surface area contributed by atoms with E-state index in [-0.39, 0.29) is 10.0 Å². The number of halogens is 5. The van der Waals surface area contributed by atoms with Crippen molar-refractivity contribution in [3.63, 3.8) is 0 Å². The predicted octanol–water partition coefficient (Wildman–Crippen LogP) is 4.85. The second-order valence-corrected chi connectivity index (χ2v) is 3.37. The molecule has 80 valence electrons. The third-order valence-corrected chi connectivity index (χ3v) is 2.70. The first-order chi connectivity index (χ1) is 6.46. The Morgan fingerprint density at radius 2 is 1.43 bits per heavy atom. The largest absolute Gasteiger partial charge is 0.204 e. The molecule has 0 spiro atoms. The Morgan fingerprint density at radius 3 is 1.86 bits per heavy atom. The van der Waals surface area contributed by atoms with E-state index in [0.717, 1.165) is 0 Å². The molecule has 0 fully saturated rings. The molecule has 0 aliphatic carbocycles. The van der Waals surface area contributed by atoms with Crippen molar-refractivity contribution in [2.45, 2.75) is 20.8 Å². The lowest BCUT2D eigenvalue weighted by atomic mass is 10.2. The van der Waals surface area contributed by atoms with Crippen LogP contribution in [0.2, 0.25) is 5.02 Å². The third kappa shape index (κ3) is 2.42. The smallest absolute Gasteiger partial charge is 0.180 e. The average Bonchev–Trinajstić information content (AvgIpc) is 2.24. The van der Waals surface area contributed by atoms with Gasteiger partial charge in [0.25, 0.3) is 0 Å². The summed E-state index contributed by atoms with van der Waals surface area (Å²) in [5.41, 5.74) is -0.130. The Hall–Kier alpha value is -0.220. The highest BCUT2D eigenvalue weighted by Gasteiger charge is 2.19. The molecule has 0 aliphatic rings. The Bertz CT molecular complexity index is 234. The van der Waals surface area contributed by atoms with E-state index in [2.05, 4.69) is 15.9 Å². The highest BCUT2D eigenvalue weighted by Crippen LogP contribution is 2.31. The summed E-state index contributed by atoms with van der Waals surface area (Å²) in [5.74, 6) is -3.46. The third-order valence-electron chi connectivity index (χ3n) is 1.43. The number of hydrogen-bond donors (Lipinski definition) is 0. The monoisotopic (exact) mass is 288 g/mol. The second-order valence-electron chi connectivity index (χ2n) is 2.19. The van der Waals surface area contributed by atoms with Crippen LogP contribution in [0.25, 0.3) is 0 Å². The van der Waals surface area contributed by atoms with Gasteiger partial charge >= 0.3 is 0 Å². The fraction of sp³-hybridized carbons (Fsp3) is 0.333. The lowest BCUT2D eigenvalue weighted by Gasteiger charge is -2.04. The van der Waals surface area contributed by atoms with Crippen molar-refractivity contribution in [3.05, 3.63) is 32.5 Å². The molecule has 14 heavy (non-hydrogen) atoms. The molecule has 0 atom stereocenters. The van der Waals surface area contributed by atoms with Crippen molar-refractivity contribution < 1.29 is 13.2 Å². The van der Waals surface area contributed by atoms with E-state index < -0.39 is 22.5 Å². The van der Waals surface area contributed by atoms with Gasteiger partial charge in [0.2, 0.25) is 0 Å². The van der Waals surface area contributed by atoms with Crippen LogP contribution in [0.1, 0.15) is 19.4 Å². The first-order valence-electron chi connectivity index (χ1n) is 3.94. The molecule has 0 N–H and O–H groups in total. The molecule has 0 bridgehead atoms. The van der Waals surface area contributed by atoms with Crippen LogP contribution in [-0.2, 0) is 0 Å². The summed E-state index contributed by atoms with van der Waals surface area (Å²) in [5, 5.41) is -0.829. The fourth-order valence-corrected chi connectivity index (χ4v) is 1.38. The van der Waals surface area contributed by atoms with Gasteiger partial charge in [0, 0.05) is 5.56 Å². The van der Waals surface area contributed by atoms with Gasteiger partial charge in [0.15, 0.2) is 17.5 Å². The Labute approximate surface area is 94.2 Å². The van der Waals surface area contributed by atoms with Gasteiger partial charge in [-0.1, -0.05) is 25.4 Å². The number of hydrogen-bond acceptors (Lipinski definition) is 0. The van der Waals surface area contributed by atoms with Crippen molar-refractivity contribution in [2.24, 2.45) is 0 Å². The molecule has 0 heterocycles. The average molecular weight is 290 g/mol. The molecule has 1 aromatic rings. The van der Waals surface area contributed by atoms with Gasteiger partial charge in [-0.3, -0.25) is 0 Å². The van der Waals surface area contributed by atoms with E-state index >= 15 is 0 Å². The van der Waals surface area contributed by atoms with Crippen molar-refractivity contribution in [1.82, 2.24) is 0 Å². The maximum absolute atomic E-state index is 12.8. The summed E-state index contributed by atoms with van der Waals surface area (Å²) in [4.78, 5) is 0. The molecular weight excluding hydrogens is 280 g/mol. The van der Waals surface area contributed by atoms with E-state index in [1.54, 1.807) is 0 Å². The zero-order valence-corrected chi connectivity index (χ0v) is 10.2. The predicted molar refractivity (Wildman–Crippen MR) is 55.1 cm³/mol. The molecule has 5 heteroatoms. The standard InChI is InChI=1S/C7H3BrClF3.C2H6/c1-2-3(8)6(11)4(9)7(12)5(2)10;1-2/h1H3;1-2H3. The minimum atomic E-state index is -1.35. The van der Waals surface area contributed by atoms with Gasteiger partial charge in [-0.05, 0) is 22.9 Å². The summed E-state index contributed by atoms with van der Waals surface area (Å²) >= 11 is 7.89. The van der Waals surface area contributed by atoms with Crippen LogP contribution in [0.4, 0.5) is 13.2 Å². The van der Waals surface area contributed by atoms with Crippen molar-refractivity contribution in [2.75, 3.05) is 0 Å². The van der Waals surface area contributed by atoms with Crippen molar-refractivity contribution >= 4 is 27.5 Å². The Kier molecular flexibility index (Phi) is 5.52. The summed E-state index contributed by atoms with van der Waals surface area (Å²) in [6, 6.07) is 0. The van der Waals surface area contributed by atoms with Crippen molar-refractivity contribution in [1.29, 1.82) is 0 Å². The first-order valence-corrected chi connectivity index (χ1v) is 5.12. The van der Waals surface area contributed by atoms with Crippen LogP contribution >= 0.6 is 27.5 Å². The minimum Gasteiger partial charge on any atom is -0.204 e. The quantitative estimate of drug-likeness (QED) is 0.473. The molecule has 0 nitrogen and oxygen atoms in total. The Balaban J connectivity index is 0.000000791. The summed E-state index contributed by atoms with van der Waals surface area (Å²) in [7, 11) is 0. The first kappa shape index (κ1) is 13.8. The van der Waals surface area contributed by atoms with Gasteiger partial charge in [-0.15, -0.1) is 0 Å². The number of rotatable bonds is 0. The molecule has 0 aliphatic heterocycles. The van der Waals surface area contributed by atoms with Crippen LogP contribution in [0.3, 0.4) is 0 Å². The van der Waals surface area contributed by atoms with Gasteiger partial charge in [0.1, 0.15) is 5.02 Å². The molecular formula is C9H9BrClF3. The molecule has 1 aromatic carbocycles. The summed E-state index contributed by atoms with van der Waals surface area (Å²) < 4.78 is 38.1. The zero-order valence-electron chi connectivity index (χ0n) is 7.89. The lowest BCUT2D eigenvalue weighted by molar-refractivity contribution is 0.487. The zero-order chi connectivity index (χ0) is 11.5. The molecule has 0 amide bonds. The van der Waals surface area contributed by atoms with Crippen molar-refractivity contribution in [3.8, 4) is 0 Å². The molecule has 0 saturated carbocycles. The molecule has 0 unspecified atom stereocenters. The highest BCUT2D eigenvalue weighted by molar-refractivity contribution is 9.10. The molecule has 1 rings (SSSR count). The van der Waals surface area contributed by atoms with E-state index in [1.807, 2.05) is 13.8 Å². The van der Waals surface area contributed by atoms with E-state index in [9.17, 15) is 13.2 Å². The lowest BCUT2D eigenvalue weighted by Crippen LogP contribution is -1.96. The topological polar surface area (TPSA) is 0 Å². The van der Waals surface area contributed by atoms with E-state index in [0.29, 0.717) is 0 Å². The van der Waals surface area contributed by atoms with Crippen LogP contribution in [0, 0.1) is 24.4 Å². The van der Waals surface area contributed by atoms with Crippen LogP contribution in [-0.4, -0.2) is 0 Å². The SMILES string of the molecule is CC.Cc1c(F)c(F)c(Cl)c(F)c1Br. The maximum atomic E-state index is 12.8. The summed E-state index contributed by atoms with van der Waals surface area (Å²) in [6.07, 6.45) is 0. The highest BCUT2D eigenvalue weighted by atomic mass is 79.9. The van der Waals surface area contributed by atoms with E-state index in [4.69, 9.17) is 11.6 Å². The van der Waals surface area contributed by atoms with Gasteiger partial charge < -0.3 is 0 Å². The number of benzene rings is 1. The van der Waals surface area contributed by atoms with E-state index in [1.165, 1.54) is 6.92 Å².